The highest BCUT2D eigenvalue weighted by Crippen LogP contribution is 2.44. The van der Waals surface area contributed by atoms with E-state index in [-0.39, 0.29) is 33.2 Å². The zero-order valence-corrected chi connectivity index (χ0v) is 30.6. The second kappa shape index (κ2) is 12.7. The third-order valence-electron chi connectivity index (χ3n) is 11.3. The Morgan fingerprint density at radius 1 is 0.463 bits per heavy atom. The highest BCUT2D eigenvalue weighted by molar-refractivity contribution is 5.03. The van der Waals surface area contributed by atoms with Crippen molar-refractivity contribution in [2.24, 2.45) is 0 Å². The minimum Gasteiger partial charge on any atom is -0.290 e. The van der Waals surface area contributed by atoms with Crippen LogP contribution >= 0.6 is 0 Å². The number of hydrogen-bond acceptors (Lipinski definition) is 4. The molecule has 4 heteroatoms. The third-order valence-corrected chi connectivity index (χ3v) is 11.3. The third kappa shape index (κ3) is 8.52. The van der Waals surface area contributed by atoms with Crippen molar-refractivity contribution in [2.75, 3.05) is 13.1 Å². The molecular weight excluding hydrogens is 500 g/mol. The molecule has 0 radical (unpaired) electrons. The Kier molecular flexibility index (Phi) is 10.9. The second-order valence-electron chi connectivity index (χ2n) is 18.8. The van der Waals surface area contributed by atoms with E-state index in [1.54, 1.807) is 0 Å². The number of nitrogens with zero attached hydrogens (tertiary/aromatic N) is 4. The summed E-state index contributed by atoms with van der Waals surface area (Å²) in [4.78, 5) is 5.94. The summed E-state index contributed by atoms with van der Waals surface area (Å²) in [5.74, 6) is 0. The van der Waals surface area contributed by atoms with Crippen molar-refractivity contribution in [3.05, 3.63) is 0 Å². The molecule has 242 valence electrons. The first-order chi connectivity index (χ1) is 18.6. The van der Waals surface area contributed by atoms with Crippen molar-refractivity contribution < 1.29 is 0 Å². The van der Waals surface area contributed by atoms with Crippen LogP contribution in [0, 0.1) is 0 Å². The van der Waals surface area contributed by atoms with Gasteiger partial charge in [0.2, 0.25) is 0 Å². The summed E-state index contributed by atoms with van der Waals surface area (Å²) in [5, 5.41) is 5.43. The molecule has 0 spiro atoms. The number of rotatable bonds is 12. The van der Waals surface area contributed by atoms with E-state index >= 15 is 0 Å². The molecule has 0 unspecified atom stereocenters. The Bertz CT molecular complexity index is 817. The lowest BCUT2D eigenvalue weighted by Crippen LogP contribution is -2.65. The smallest absolute Gasteiger partial charge is 0.0301 e. The quantitative estimate of drug-likeness (QED) is 0.230. The van der Waals surface area contributed by atoms with E-state index in [1.807, 2.05) is 0 Å². The van der Waals surface area contributed by atoms with Crippen LogP contribution in [-0.4, -0.2) is 78.2 Å². The molecule has 2 aliphatic carbocycles. The largest absolute Gasteiger partial charge is 0.290 e. The van der Waals surface area contributed by atoms with Crippen molar-refractivity contribution >= 4 is 0 Å². The first-order valence-electron chi connectivity index (χ1n) is 17.7. The van der Waals surface area contributed by atoms with Crippen LogP contribution < -0.4 is 0 Å². The SMILES string of the molecule is CC(C)(C)N1CCCCN1C(C)(C)CCC(C)(C)N(C1CCC1)C(C)(C)CCC(C)(C)N(C1CCCC1)C(C)(C)C. The molecule has 0 aromatic heterocycles. The van der Waals surface area contributed by atoms with Crippen molar-refractivity contribution in [3.8, 4) is 0 Å². The Morgan fingerprint density at radius 3 is 1.27 bits per heavy atom. The molecule has 0 aromatic rings. The monoisotopic (exact) mass is 575 g/mol. The molecule has 1 heterocycles. The van der Waals surface area contributed by atoms with Crippen LogP contribution in [0.25, 0.3) is 0 Å². The van der Waals surface area contributed by atoms with Gasteiger partial charge in [-0.3, -0.25) is 9.80 Å². The van der Waals surface area contributed by atoms with Gasteiger partial charge in [0.15, 0.2) is 0 Å². The van der Waals surface area contributed by atoms with Crippen molar-refractivity contribution in [1.29, 1.82) is 0 Å². The van der Waals surface area contributed by atoms with Crippen LogP contribution in [0.2, 0.25) is 0 Å². The van der Waals surface area contributed by atoms with Crippen LogP contribution in [-0.2, 0) is 0 Å². The molecule has 1 saturated heterocycles. The summed E-state index contributed by atoms with van der Waals surface area (Å²) in [6, 6.07) is 1.48. The summed E-state index contributed by atoms with van der Waals surface area (Å²) in [5.41, 5.74) is 1.10. The molecule has 0 atom stereocenters. The average Bonchev–Trinajstić information content (AvgIpc) is 3.31. The molecule has 3 aliphatic rings. The summed E-state index contributed by atoms with van der Waals surface area (Å²) in [7, 11) is 0. The topological polar surface area (TPSA) is 13.0 Å². The van der Waals surface area contributed by atoms with Gasteiger partial charge in [-0.2, -0.15) is 0 Å². The fourth-order valence-electron chi connectivity index (χ4n) is 9.37. The molecule has 3 fully saturated rings. The number of hydrogen-bond donors (Lipinski definition) is 0. The summed E-state index contributed by atoms with van der Waals surface area (Å²) < 4.78 is 0. The molecule has 3 rings (SSSR count). The molecular formula is C37H74N4. The van der Waals surface area contributed by atoms with Crippen molar-refractivity contribution in [3.63, 3.8) is 0 Å². The fourth-order valence-corrected chi connectivity index (χ4v) is 9.37. The minimum absolute atomic E-state index is 0.164. The predicted octanol–water partition coefficient (Wildman–Crippen LogP) is 9.67. The maximum atomic E-state index is 3.02. The molecule has 2 saturated carbocycles. The Hall–Kier alpha value is -0.160. The Labute approximate surface area is 258 Å². The maximum absolute atomic E-state index is 3.02. The van der Waals surface area contributed by atoms with Crippen molar-refractivity contribution in [1.82, 2.24) is 19.8 Å². The fraction of sp³-hybridized carbons (Fsp3) is 1.00. The first-order valence-corrected chi connectivity index (χ1v) is 17.7. The molecule has 4 nitrogen and oxygen atoms in total. The molecule has 0 bridgehead atoms. The summed E-state index contributed by atoms with van der Waals surface area (Å²) >= 11 is 0. The second-order valence-corrected chi connectivity index (χ2v) is 18.8. The molecule has 0 amide bonds. The van der Waals surface area contributed by atoms with Crippen LogP contribution in [0.4, 0.5) is 0 Å². The van der Waals surface area contributed by atoms with Gasteiger partial charge in [0, 0.05) is 58.4 Å². The van der Waals surface area contributed by atoms with Gasteiger partial charge in [-0.15, -0.1) is 0 Å². The summed E-state index contributed by atoms with van der Waals surface area (Å²) in [6.07, 6.45) is 17.4. The first kappa shape index (κ1) is 35.3. The highest BCUT2D eigenvalue weighted by atomic mass is 15.7. The van der Waals surface area contributed by atoms with Gasteiger partial charge in [0.25, 0.3) is 0 Å². The van der Waals surface area contributed by atoms with E-state index < -0.39 is 0 Å². The maximum Gasteiger partial charge on any atom is 0.0301 e. The molecule has 41 heavy (non-hydrogen) atoms. The van der Waals surface area contributed by atoms with E-state index in [9.17, 15) is 0 Å². The molecule has 0 N–H and O–H groups in total. The van der Waals surface area contributed by atoms with Crippen LogP contribution in [0.1, 0.15) is 180 Å². The van der Waals surface area contributed by atoms with Gasteiger partial charge in [0.1, 0.15) is 0 Å². The van der Waals surface area contributed by atoms with Gasteiger partial charge in [-0.05, 0) is 161 Å². The van der Waals surface area contributed by atoms with Crippen LogP contribution in [0.5, 0.6) is 0 Å². The lowest BCUT2D eigenvalue weighted by molar-refractivity contribution is -0.169. The van der Waals surface area contributed by atoms with Gasteiger partial charge in [0.05, 0.1) is 0 Å². The van der Waals surface area contributed by atoms with E-state index in [0.29, 0.717) is 0 Å². The lowest BCUT2D eigenvalue weighted by atomic mass is 9.76. The minimum atomic E-state index is 0.164. The van der Waals surface area contributed by atoms with Gasteiger partial charge in [-0.1, -0.05) is 19.3 Å². The average molecular weight is 575 g/mol. The molecule has 0 aromatic carbocycles. The van der Waals surface area contributed by atoms with E-state index in [0.717, 1.165) is 12.1 Å². The predicted molar refractivity (Wildman–Crippen MR) is 181 cm³/mol. The standard InChI is InChI=1S/C37H74N4/c1-32(2,3)38-28-17-18-29-39(38)34(7,8)24-25-36(11,12)41(31-22-19-23-31)37(13,14)27-26-35(9,10)40(33(4,5)6)30-20-15-16-21-30/h30-31H,15-29H2,1-14H3. The van der Waals surface area contributed by atoms with E-state index in [4.69, 9.17) is 0 Å². The highest BCUT2D eigenvalue weighted by Gasteiger charge is 2.47. The Morgan fingerprint density at radius 2 is 0.854 bits per heavy atom. The van der Waals surface area contributed by atoms with Crippen LogP contribution in [0.3, 0.4) is 0 Å². The zero-order valence-electron chi connectivity index (χ0n) is 30.6. The van der Waals surface area contributed by atoms with E-state index in [2.05, 4.69) is 117 Å². The normalized spacial score (nSPS) is 22.2. The van der Waals surface area contributed by atoms with Gasteiger partial charge < -0.3 is 0 Å². The van der Waals surface area contributed by atoms with Crippen molar-refractivity contribution in [2.45, 2.75) is 226 Å². The summed E-state index contributed by atoms with van der Waals surface area (Å²) in [6.45, 7) is 37.4. The van der Waals surface area contributed by atoms with Gasteiger partial charge >= 0.3 is 0 Å². The Balaban J connectivity index is 1.76. The molecule has 1 aliphatic heterocycles. The van der Waals surface area contributed by atoms with Gasteiger partial charge in [-0.25, -0.2) is 10.0 Å². The number of hydrazine groups is 1. The van der Waals surface area contributed by atoms with Crippen LogP contribution in [0.15, 0.2) is 0 Å². The lowest BCUT2D eigenvalue weighted by Gasteiger charge is -2.58. The zero-order chi connectivity index (χ0) is 31.1. The van der Waals surface area contributed by atoms with E-state index in [1.165, 1.54) is 96.6 Å².